The Bertz CT molecular complexity index is 1170. The molecular weight excluding hydrogens is 418 g/mol. The predicted octanol–water partition coefficient (Wildman–Crippen LogP) is 5.12. The zero-order chi connectivity index (χ0) is 22.8. The summed E-state index contributed by atoms with van der Waals surface area (Å²) in [7, 11) is 1.66. The second-order valence-electron chi connectivity index (χ2n) is 8.35. The number of hydrazone groups is 1. The first-order valence-corrected chi connectivity index (χ1v) is 11.5. The highest BCUT2D eigenvalue weighted by Gasteiger charge is 2.34. The number of nitrogens with zero attached hydrogens (tertiary/aromatic N) is 3. The van der Waals surface area contributed by atoms with E-state index in [0.29, 0.717) is 11.3 Å². The van der Waals surface area contributed by atoms with E-state index in [2.05, 4.69) is 56.3 Å². The Morgan fingerprint density at radius 2 is 1.81 bits per heavy atom. The molecule has 32 heavy (non-hydrogen) atoms. The Kier molecular flexibility index (Phi) is 6.24. The molecule has 0 fully saturated rings. The number of rotatable bonds is 5. The van der Waals surface area contributed by atoms with Crippen molar-refractivity contribution < 1.29 is 9.59 Å². The van der Waals surface area contributed by atoms with Crippen LogP contribution in [0.1, 0.15) is 50.0 Å². The molecule has 0 saturated heterocycles. The lowest BCUT2D eigenvalue weighted by molar-refractivity contribution is -0.133. The average molecular weight is 446 g/mol. The van der Waals surface area contributed by atoms with Gasteiger partial charge in [0, 0.05) is 13.5 Å². The van der Waals surface area contributed by atoms with Crippen molar-refractivity contribution in [2.75, 3.05) is 13.6 Å². The molecule has 1 atom stereocenters. The van der Waals surface area contributed by atoms with Gasteiger partial charge in [-0.15, -0.1) is 11.3 Å². The third kappa shape index (κ3) is 4.50. The normalized spacial score (nSPS) is 15.6. The molecule has 1 aliphatic rings. The van der Waals surface area contributed by atoms with Gasteiger partial charge in [-0.25, -0.2) is 5.01 Å². The van der Waals surface area contributed by atoms with Crippen LogP contribution in [0.15, 0.2) is 65.1 Å². The Labute approximate surface area is 193 Å². The Morgan fingerprint density at radius 1 is 1.06 bits per heavy atom. The fourth-order valence-corrected chi connectivity index (χ4v) is 4.54. The van der Waals surface area contributed by atoms with Crippen LogP contribution in [0.5, 0.6) is 0 Å². The lowest BCUT2D eigenvalue weighted by Gasteiger charge is -2.24. The molecule has 1 aliphatic heterocycles. The molecule has 0 unspecified atom stereocenters. The molecule has 6 heteroatoms. The van der Waals surface area contributed by atoms with Crippen molar-refractivity contribution in [1.29, 1.82) is 0 Å². The van der Waals surface area contributed by atoms with E-state index in [4.69, 9.17) is 5.10 Å². The molecule has 1 aromatic heterocycles. The molecule has 2 heterocycles. The highest BCUT2D eigenvalue weighted by molar-refractivity contribution is 7.12. The fourth-order valence-electron chi connectivity index (χ4n) is 3.82. The van der Waals surface area contributed by atoms with Gasteiger partial charge in [-0.2, -0.15) is 5.10 Å². The number of benzene rings is 2. The van der Waals surface area contributed by atoms with Gasteiger partial charge < -0.3 is 4.90 Å². The van der Waals surface area contributed by atoms with Crippen LogP contribution in [0.4, 0.5) is 0 Å². The molecule has 0 spiro atoms. The van der Waals surface area contributed by atoms with E-state index in [-0.39, 0.29) is 24.4 Å². The van der Waals surface area contributed by atoms with E-state index in [1.54, 1.807) is 18.1 Å². The quantitative estimate of drug-likeness (QED) is 0.547. The zero-order valence-electron chi connectivity index (χ0n) is 18.8. The highest BCUT2D eigenvalue weighted by atomic mass is 32.1. The summed E-state index contributed by atoms with van der Waals surface area (Å²) < 4.78 is 0. The first kappa shape index (κ1) is 22.0. The molecule has 5 nitrogen and oxygen atoms in total. The monoisotopic (exact) mass is 445 g/mol. The standard InChI is InChI=1S/C26H27N3O2S/c1-17-7-10-20(11-8-17)23-15-22(21-12-9-18(2)19(3)14-21)27-29(23)25(30)16-28(4)26(31)24-6-5-13-32-24/h5-14,23H,15-16H2,1-4H3/t23-/m0/s1. The van der Waals surface area contributed by atoms with Crippen LogP contribution in [0, 0.1) is 20.8 Å². The second kappa shape index (κ2) is 9.09. The van der Waals surface area contributed by atoms with Crippen molar-refractivity contribution in [2.24, 2.45) is 5.10 Å². The summed E-state index contributed by atoms with van der Waals surface area (Å²) >= 11 is 1.37. The number of hydrogen-bond donors (Lipinski definition) is 0. The molecule has 2 aromatic carbocycles. The molecule has 3 aromatic rings. The smallest absolute Gasteiger partial charge is 0.264 e. The van der Waals surface area contributed by atoms with Gasteiger partial charge in [-0.05, 0) is 60.5 Å². The summed E-state index contributed by atoms with van der Waals surface area (Å²) in [6, 6.07) is 17.9. The van der Waals surface area contributed by atoms with Crippen LogP contribution >= 0.6 is 11.3 Å². The average Bonchev–Trinajstić information content (AvgIpc) is 3.46. The molecule has 4 rings (SSSR count). The highest BCUT2D eigenvalue weighted by Crippen LogP contribution is 2.33. The molecule has 0 saturated carbocycles. The van der Waals surface area contributed by atoms with Gasteiger partial charge in [-0.3, -0.25) is 9.59 Å². The van der Waals surface area contributed by atoms with E-state index in [9.17, 15) is 9.59 Å². The third-order valence-electron chi connectivity index (χ3n) is 5.92. The Hall–Kier alpha value is -3.25. The molecular formula is C26H27N3O2S. The van der Waals surface area contributed by atoms with Crippen molar-refractivity contribution in [1.82, 2.24) is 9.91 Å². The maximum Gasteiger partial charge on any atom is 0.264 e. The largest absolute Gasteiger partial charge is 0.332 e. The topological polar surface area (TPSA) is 53.0 Å². The van der Waals surface area contributed by atoms with Crippen LogP contribution in [0.3, 0.4) is 0 Å². The number of carbonyl (C=O) groups excluding carboxylic acids is 2. The van der Waals surface area contributed by atoms with E-state index in [0.717, 1.165) is 16.8 Å². The predicted molar refractivity (Wildman–Crippen MR) is 129 cm³/mol. The molecule has 0 N–H and O–H groups in total. The molecule has 0 aliphatic carbocycles. The Morgan fingerprint density at radius 3 is 2.47 bits per heavy atom. The third-order valence-corrected chi connectivity index (χ3v) is 6.78. The molecule has 0 radical (unpaired) electrons. The molecule has 0 bridgehead atoms. The zero-order valence-corrected chi connectivity index (χ0v) is 19.6. The first-order chi connectivity index (χ1) is 15.3. The second-order valence-corrected chi connectivity index (χ2v) is 9.30. The number of thiophene rings is 1. The number of aryl methyl sites for hydroxylation is 3. The van der Waals surface area contributed by atoms with Gasteiger partial charge in [0.25, 0.3) is 11.8 Å². The maximum absolute atomic E-state index is 13.3. The summed E-state index contributed by atoms with van der Waals surface area (Å²) in [6.45, 7) is 6.19. The van der Waals surface area contributed by atoms with Gasteiger partial charge in [0.1, 0.15) is 6.54 Å². The lowest BCUT2D eigenvalue weighted by Crippen LogP contribution is -2.39. The summed E-state index contributed by atoms with van der Waals surface area (Å²) in [5.41, 5.74) is 6.55. The van der Waals surface area contributed by atoms with Crippen molar-refractivity contribution >= 4 is 28.9 Å². The SMILES string of the molecule is Cc1ccc([C@@H]2CC(c3ccc(C)c(C)c3)=NN2C(=O)CN(C)C(=O)c2cccs2)cc1. The summed E-state index contributed by atoms with van der Waals surface area (Å²) in [5, 5.41) is 8.17. The number of amides is 2. The molecule has 2 amide bonds. The van der Waals surface area contributed by atoms with Crippen LogP contribution < -0.4 is 0 Å². The van der Waals surface area contributed by atoms with Crippen LogP contribution in [-0.4, -0.2) is 41.0 Å². The number of hydrogen-bond acceptors (Lipinski definition) is 4. The van der Waals surface area contributed by atoms with Crippen LogP contribution in [0.2, 0.25) is 0 Å². The van der Waals surface area contributed by atoms with Gasteiger partial charge in [0.15, 0.2) is 0 Å². The van der Waals surface area contributed by atoms with Crippen molar-refractivity contribution in [2.45, 2.75) is 33.2 Å². The van der Waals surface area contributed by atoms with Crippen molar-refractivity contribution in [3.05, 3.63) is 92.7 Å². The number of likely N-dealkylation sites (N-methyl/N-ethyl adjacent to an activating group) is 1. The van der Waals surface area contributed by atoms with Gasteiger partial charge in [0.2, 0.25) is 0 Å². The fraction of sp³-hybridized carbons (Fsp3) is 0.269. The van der Waals surface area contributed by atoms with Gasteiger partial charge in [0.05, 0.1) is 16.6 Å². The maximum atomic E-state index is 13.3. The van der Waals surface area contributed by atoms with Crippen LogP contribution in [-0.2, 0) is 4.79 Å². The van der Waals surface area contributed by atoms with E-state index < -0.39 is 0 Å². The minimum atomic E-state index is -0.193. The van der Waals surface area contributed by atoms with Crippen LogP contribution in [0.25, 0.3) is 0 Å². The first-order valence-electron chi connectivity index (χ1n) is 10.7. The van der Waals surface area contributed by atoms with Gasteiger partial charge in [-0.1, -0.05) is 48.0 Å². The van der Waals surface area contributed by atoms with E-state index in [1.165, 1.54) is 32.9 Å². The lowest BCUT2D eigenvalue weighted by atomic mass is 9.96. The summed E-state index contributed by atoms with van der Waals surface area (Å²) in [6.07, 6.45) is 0.639. The van der Waals surface area contributed by atoms with E-state index >= 15 is 0 Å². The Balaban J connectivity index is 1.61. The van der Waals surface area contributed by atoms with Crippen molar-refractivity contribution in [3.63, 3.8) is 0 Å². The minimum absolute atomic E-state index is 0.0250. The summed E-state index contributed by atoms with van der Waals surface area (Å²) in [4.78, 5) is 28.0. The number of carbonyl (C=O) groups is 2. The van der Waals surface area contributed by atoms with Crippen molar-refractivity contribution in [3.8, 4) is 0 Å². The minimum Gasteiger partial charge on any atom is -0.332 e. The summed E-state index contributed by atoms with van der Waals surface area (Å²) in [5.74, 6) is -0.348. The molecule has 164 valence electrons. The van der Waals surface area contributed by atoms with E-state index in [1.807, 2.05) is 18.4 Å². The van der Waals surface area contributed by atoms with Gasteiger partial charge >= 0.3 is 0 Å².